The Kier molecular flexibility index (Phi) is 6.88. The van der Waals surface area contributed by atoms with Crippen LogP contribution in [0.25, 0.3) is 0 Å². The Balaban J connectivity index is 2.30. The molecule has 0 saturated heterocycles. The van der Waals surface area contributed by atoms with Crippen LogP contribution in [-0.4, -0.2) is 30.3 Å². The van der Waals surface area contributed by atoms with Crippen molar-refractivity contribution in [1.29, 1.82) is 0 Å². The first-order valence-electron chi connectivity index (χ1n) is 7.84. The molecule has 4 heteroatoms. The van der Waals surface area contributed by atoms with E-state index in [9.17, 15) is 9.90 Å². The summed E-state index contributed by atoms with van der Waals surface area (Å²) in [6, 6.07) is 5.92. The largest absolute Gasteiger partial charge is 0.493 e. The summed E-state index contributed by atoms with van der Waals surface area (Å²) in [6.07, 6.45) is 0.629. The molecule has 0 aliphatic rings. The number of amides is 1. The Morgan fingerprint density at radius 3 is 2.59 bits per heavy atom. The van der Waals surface area contributed by atoms with Crippen LogP contribution in [0, 0.1) is 19.3 Å². The van der Waals surface area contributed by atoms with Gasteiger partial charge in [0.1, 0.15) is 5.75 Å². The van der Waals surface area contributed by atoms with Crippen LogP contribution in [0.5, 0.6) is 5.75 Å². The number of ether oxygens (including phenoxy) is 1. The van der Waals surface area contributed by atoms with Crippen molar-refractivity contribution < 1.29 is 14.6 Å². The quantitative estimate of drug-likeness (QED) is 0.776. The minimum Gasteiger partial charge on any atom is -0.493 e. The van der Waals surface area contributed by atoms with E-state index < -0.39 is 0 Å². The molecule has 0 bridgehead atoms. The number of aliphatic hydroxyl groups is 1. The average molecular weight is 307 g/mol. The maximum absolute atomic E-state index is 11.8. The molecular formula is C18H29NO3. The molecule has 1 atom stereocenters. The highest BCUT2D eigenvalue weighted by molar-refractivity contribution is 5.76. The van der Waals surface area contributed by atoms with Gasteiger partial charge in [0.2, 0.25) is 5.91 Å². The van der Waals surface area contributed by atoms with Gasteiger partial charge in [0.25, 0.3) is 0 Å². The maximum atomic E-state index is 11.8. The van der Waals surface area contributed by atoms with Gasteiger partial charge in [0, 0.05) is 6.54 Å². The molecule has 1 unspecified atom stereocenters. The number of benzene rings is 1. The highest BCUT2D eigenvalue weighted by Gasteiger charge is 2.20. The van der Waals surface area contributed by atoms with Crippen molar-refractivity contribution in [3.63, 3.8) is 0 Å². The molecule has 0 aliphatic heterocycles. The fraction of sp³-hybridized carbons (Fsp3) is 0.611. The second kappa shape index (κ2) is 8.18. The van der Waals surface area contributed by atoms with Crippen molar-refractivity contribution in [2.45, 2.75) is 53.6 Å². The molecule has 1 rings (SSSR count). The Morgan fingerprint density at radius 2 is 2.00 bits per heavy atom. The molecular weight excluding hydrogens is 278 g/mol. The first-order chi connectivity index (χ1) is 10.2. The second-order valence-corrected chi connectivity index (χ2v) is 6.84. The van der Waals surface area contributed by atoms with Crippen molar-refractivity contribution in [1.82, 2.24) is 5.32 Å². The van der Waals surface area contributed by atoms with Crippen molar-refractivity contribution in [2.24, 2.45) is 5.41 Å². The summed E-state index contributed by atoms with van der Waals surface area (Å²) in [7, 11) is 0. The number of hydrogen-bond donors (Lipinski definition) is 2. The van der Waals surface area contributed by atoms with E-state index in [1.54, 1.807) is 6.92 Å². The predicted molar refractivity (Wildman–Crippen MR) is 89.1 cm³/mol. The van der Waals surface area contributed by atoms with Crippen LogP contribution in [0.15, 0.2) is 18.2 Å². The topological polar surface area (TPSA) is 58.6 Å². The summed E-state index contributed by atoms with van der Waals surface area (Å²) in [5.74, 6) is 0.771. The molecule has 0 radical (unpaired) electrons. The third-order valence-electron chi connectivity index (χ3n) is 3.69. The Morgan fingerprint density at radius 1 is 1.32 bits per heavy atom. The SMILES string of the molecule is Cc1ccc(OCCC(=O)NCC(C)(C)CC(C)O)cc1C. The third-order valence-corrected chi connectivity index (χ3v) is 3.69. The normalized spacial score (nSPS) is 12.8. The number of carbonyl (C=O) groups is 1. The Hall–Kier alpha value is -1.55. The first kappa shape index (κ1) is 18.5. The van der Waals surface area contributed by atoms with Crippen LogP contribution in [0.2, 0.25) is 0 Å². The summed E-state index contributed by atoms with van der Waals surface area (Å²) in [5.41, 5.74) is 2.30. The zero-order chi connectivity index (χ0) is 16.8. The molecule has 1 aromatic carbocycles. The van der Waals surface area contributed by atoms with Crippen LogP contribution < -0.4 is 10.1 Å². The molecule has 124 valence electrons. The Bertz CT molecular complexity index is 495. The highest BCUT2D eigenvalue weighted by atomic mass is 16.5. The molecule has 0 aromatic heterocycles. The molecule has 0 saturated carbocycles. The predicted octanol–water partition coefficient (Wildman–Crippen LogP) is 2.99. The van der Waals surface area contributed by atoms with E-state index in [0.717, 1.165) is 5.75 Å². The summed E-state index contributed by atoms with van der Waals surface area (Å²) >= 11 is 0. The van der Waals surface area contributed by atoms with E-state index in [4.69, 9.17) is 4.74 Å². The zero-order valence-electron chi connectivity index (χ0n) is 14.4. The third kappa shape index (κ3) is 6.94. The van der Waals surface area contributed by atoms with Crippen molar-refractivity contribution in [2.75, 3.05) is 13.2 Å². The fourth-order valence-electron chi connectivity index (χ4n) is 2.36. The van der Waals surface area contributed by atoms with Crippen LogP contribution in [-0.2, 0) is 4.79 Å². The van der Waals surface area contributed by atoms with Gasteiger partial charge in [-0.2, -0.15) is 0 Å². The molecule has 1 aromatic rings. The summed E-state index contributed by atoms with van der Waals surface area (Å²) < 4.78 is 5.61. The average Bonchev–Trinajstić information content (AvgIpc) is 2.39. The molecule has 0 aliphatic carbocycles. The van der Waals surface area contributed by atoms with Gasteiger partial charge in [-0.15, -0.1) is 0 Å². The second-order valence-electron chi connectivity index (χ2n) is 6.84. The lowest BCUT2D eigenvalue weighted by atomic mass is 9.87. The van der Waals surface area contributed by atoms with Crippen LogP contribution in [0.4, 0.5) is 0 Å². The Labute approximate surface area is 133 Å². The minimum atomic E-state index is -0.361. The van der Waals surface area contributed by atoms with Crippen molar-refractivity contribution in [3.8, 4) is 5.75 Å². The van der Waals surface area contributed by atoms with Gasteiger partial charge in [-0.1, -0.05) is 19.9 Å². The monoisotopic (exact) mass is 307 g/mol. The van der Waals surface area contributed by atoms with E-state index in [0.29, 0.717) is 26.0 Å². The maximum Gasteiger partial charge on any atom is 0.223 e. The fourth-order valence-corrected chi connectivity index (χ4v) is 2.36. The first-order valence-corrected chi connectivity index (χ1v) is 7.84. The molecule has 1 amide bonds. The number of rotatable bonds is 8. The lowest BCUT2D eigenvalue weighted by Crippen LogP contribution is -2.36. The summed E-state index contributed by atoms with van der Waals surface area (Å²) in [5, 5.41) is 12.3. The van der Waals surface area contributed by atoms with Crippen LogP contribution in [0.1, 0.15) is 44.7 Å². The van der Waals surface area contributed by atoms with Crippen molar-refractivity contribution >= 4 is 5.91 Å². The zero-order valence-corrected chi connectivity index (χ0v) is 14.4. The number of nitrogens with one attached hydrogen (secondary N) is 1. The van der Waals surface area contributed by atoms with E-state index >= 15 is 0 Å². The van der Waals surface area contributed by atoms with E-state index in [1.807, 2.05) is 39.0 Å². The number of carbonyl (C=O) groups excluding carboxylic acids is 1. The molecule has 0 spiro atoms. The van der Waals surface area contributed by atoms with Gasteiger partial charge in [-0.05, 0) is 55.9 Å². The minimum absolute atomic E-state index is 0.0255. The van der Waals surface area contributed by atoms with Crippen LogP contribution in [0.3, 0.4) is 0 Å². The summed E-state index contributed by atoms with van der Waals surface area (Å²) in [6.45, 7) is 10.9. The molecule has 4 nitrogen and oxygen atoms in total. The molecule has 22 heavy (non-hydrogen) atoms. The lowest BCUT2D eigenvalue weighted by Gasteiger charge is -2.26. The number of aliphatic hydroxyl groups excluding tert-OH is 1. The van der Waals surface area contributed by atoms with E-state index in [1.165, 1.54) is 11.1 Å². The van der Waals surface area contributed by atoms with Crippen molar-refractivity contribution in [3.05, 3.63) is 29.3 Å². The smallest absolute Gasteiger partial charge is 0.223 e. The van der Waals surface area contributed by atoms with Gasteiger partial charge >= 0.3 is 0 Å². The van der Waals surface area contributed by atoms with Crippen LogP contribution >= 0.6 is 0 Å². The van der Waals surface area contributed by atoms with Gasteiger partial charge in [0.05, 0.1) is 19.1 Å². The highest BCUT2D eigenvalue weighted by Crippen LogP contribution is 2.21. The van der Waals surface area contributed by atoms with Gasteiger partial charge in [-0.25, -0.2) is 0 Å². The molecule has 2 N–H and O–H groups in total. The van der Waals surface area contributed by atoms with Gasteiger partial charge in [0.15, 0.2) is 0 Å². The van der Waals surface area contributed by atoms with E-state index in [2.05, 4.69) is 12.2 Å². The van der Waals surface area contributed by atoms with Gasteiger partial charge < -0.3 is 15.2 Å². The molecule has 0 fully saturated rings. The number of aryl methyl sites for hydroxylation is 2. The molecule has 0 heterocycles. The van der Waals surface area contributed by atoms with Gasteiger partial charge in [-0.3, -0.25) is 4.79 Å². The standard InChI is InChI=1S/C18H29NO3/c1-13-6-7-16(10-14(13)2)22-9-8-17(21)19-12-18(4,5)11-15(3)20/h6-7,10,15,20H,8-9,11-12H2,1-5H3,(H,19,21). The number of hydrogen-bond acceptors (Lipinski definition) is 3. The summed E-state index contributed by atoms with van der Waals surface area (Å²) in [4.78, 5) is 11.8. The lowest BCUT2D eigenvalue weighted by molar-refractivity contribution is -0.122. The van der Waals surface area contributed by atoms with E-state index in [-0.39, 0.29) is 17.4 Å².